The largest absolute Gasteiger partial charge is 0.355 e. The van der Waals surface area contributed by atoms with E-state index in [2.05, 4.69) is 53.6 Å². The Morgan fingerprint density at radius 3 is 2.76 bits per heavy atom. The molecule has 4 heteroatoms. The van der Waals surface area contributed by atoms with E-state index in [1.165, 1.54) is 11.1 Å². The van der Waals surface area contributed by atoms with Gasteiger partial charge in [-0.2, -0.15) is 0 Å². The molecule has 2 N–H and O–H groups in total. The van der Waals surface area contributed by atoms with Crippen molar-refractivity contribution in [1.82, 2.24) is 15.5 Å². The number of aryl methyl sites for hydroxylation is 1. The lowest BCUT2D eigenvalue weighted by molar-refractivity contribution is -0.123. The van der Waals surface area contributed by atoms with Gasteiger partial charge in [0.05, 0.1) is 6.54 Å². The van der Waals surface area contributed by atoms with E-state index in [1.54, 1.807) is 0 Å². The number of nitrogens with zero attached hydrogens (tertiary/aromatic N) is 1. The fraction of sp³-hybridized carbons (Fsp3) is 0.588. The minimum absolute atomic E-state index is 0.133. The lowest BCUT2D eigenvalue weighted by atomic mass is 10.0. The van der Waals surface area contributed by atoms with E-state index < -0.39 is 0 Å². The van der Waals surface area contributed by atoms with E-state index >= 15 is 0 Å². The topological polar surface area (TPSA) is 44.4 Å². The summed E-state index contributed by atoms with van der Waals surface area (Å²) in [6.45, 7) is 8.27. The Morgan fingerprint density at radius 2 is 2.10 bits per heavy atom. The zero-order valence-corrected chi connectivity index (χ0v) is 13.2. The fourth-order valence-electron chi connectivity index (χ4n) is 2.74. The molecule has 0 saturated carbocycles. The number of hydrogen-bond acceptors (Lipinski definition) is 3. The molecule has 21 heavy (non-hydrogen) atoms. The number of rotatable bonds is 6. The van der Waals surface area contributed by atoms with Crippen LogP contribution in [0.4, 0.5) is 0 Å². The van der Waals surface area contributed by atoms with Crippen LogP contribution in [0.5, 0.6) is 0 Å². The molecule has 0 spiro atoms. The maximum absolute atomic E-state index is 12.0. The summed E-state index contributed by atoms with van der Waals surface area (Å²) in [7, 11) is 0. The van der Waals surface area contributed by atoms with Gasteiger partial charge in [-0.05, 0) is 24.0 Å². The van der Waals surface area contributed by atoms with Crippen molar-refractivity contribution in [2.75, 3.05) is 32.7 Å². The second kappa shape index (κ2) is 8.15. The molecule has 0 aliphatic carbocycles. The van der Waals surface area contributed by atoms with Crippen LogP contribution in [0.2, 0.25) is 0 Å². The van der Waals surface area contributed by atoms with Crippen LogP contribution in [0.1, 0.15) is 37.4 Å². The summed E-state index contributed by atoms with van der Waals surface area (Å²) in [6, 6.07) is 9.08. The zero-order chi connectivity index (χ0) is 15.1. The molecular weight excluding hydrogens is 262 g/mol. The van der Waals surface area contributed by atoms with Crippen molar-refractivity contribution in [3.63, 3.8) is 0 Å². The number of piperazine rings is 1. The minimum Gasteiger partial charge on any atom is -0.355 e. The monoisotopic (exact) mass is 289 g/mol. The Balaban J connectivity index is 2.02. The number of nitrogens with one attached hydrogen (secondary N) is 2. The van der Waals surface area contributed by atoms with Gasteiger partial charge in [-0.25, -0.2) is 0 Å². The van der Waals surface area contributed by atoms with Crippen LogP contribution >= 0.6 is 0 Å². The highest BCUT2D eigenvalue weighted by molar-refractivity contribution is 5.78. The molecule has 116 valence electrons. The van der Waals surface area contributed by atoms with Crippen LogP contribution in [0.3, 0.4) is 0 Å². The molecule has 1 aliphatic heterocycles. The Bertz CT molecular complexity index is 444. The van der Waals surface area contributed by atoms with Gasteiger partial charge in [-0.1, -0.05) is 38.1 Å². The Hall–Kier alpha value is -1.39. The van der Waals surface area contributed by atoms with Crippen molar-refractivity contribution in [2.24, 2.45) is 0 Å². The summed E-state index contributed by atoms with van der Waals surface area (Å²) in [5.74, 6) is 0.133. The molecule has 0 radical (unpaired) electrons. The van der Waals surface area contributed by atoms with E-state index in [-0.39, 0.29) is 11.9 Å². The standard InChI is InChI=1S/C17H27N3O/c1-3-9-19-17(21)13-20-11-10-18-12-16(20)15-7-5-14(4-2)6-8-15/h5-8,16,18H,3-4,9-13H2,1-2H3,(H,19,21). The predicted octanol–water partition coefficient (Wildman–Crippen LogP) is 1.72. The van der Waals surface area contributed by atoms with Crippen LogP contribution in [-0.2, 0) is 11.2 Å². The first-order chi connectivity index (χ1) is 10.2. The molecule has 1 aromatic rings. The highest BCUT2D eigenvalue weighted by atomic mass is 16.2. The summed E-state index contributed by atoms with van der Waals surface area (Å²) < 4.78 is 0. The maximum atomic E-state index is 12.0. The van der Waals surface area contributed by atoms with E-state index in [0.717, 1.165) is 39.0 Å². The first kappa shape index (κ1) is 16.0. The smallest absolute Gasteiger partial charge is 0.234 e. The number of carbonyl (C=O) groups is 1. The summed E-state index contributed by atoms with van der Waals surface area (Å²) in [6.07, 6.45) is 2.04. The van der Waals surface area contributed by atoms with Gasteiger partial charge in [-0.15, -0.1) is 0 Å². The third-order valence-corrected chi connectivity index (χ3v) is 4.05. The first-order valence-corrected chi connectivity index (χ1v) is 8.05. The molecule has 1 saturated heterocycles. The molecule has 1 aliphatic rings. The molecular formula is C17H27N3O. The van der Waals surface area contributed by atoms with Gasteiger partial charge in [0.25, 0.3) is 0 Å². The quantitative estimate of drug-likeness (QED) is 0.838. The Morgan fingerprint density at radius 1 is 1.33 bits per heavy atom. The van der Waals surface area contributed by atoms with Crippen molar-refractivity contribution in [2.45, 2.75) is 32.7 Å². The fourth-order valence-corrected chi connectivity index (χ4v) is 2.74. The summed E-state index contributed by atoms with van der Waals surface area (Å²) >= 11 is 0. The predicted molar refractivity (Wildman–Crippen MR) is 86.3 cm³/mol. The second-order valence-electron chi connectivity index (χ2n) is 5.64. The summed E-state index contributed by atoms with van der Waals surface area (Å²) in [5, 5.41) is 6.40. The molecule has 1 unspecified atom stereocenters. The Kier molecular flexibility index (Phi) is 6.21. The van der Waals surface area contributed by atoms with Crippen LogP contribution in [0.15, 0.2) is 24.3 Å². The van der Waals surface area contributed by atoms with Crippen molar-refractivity contribution in [1.29, 1.82) is 0 Å². The van der Waals surface area contributed by atoms with E-state index in [9.17, 15) is 4.79 Å². The second-order valence-corrected chi connectivity index (χ2v) is 5.64. The van der Waals surface area contributed by atoms with Crippen LogP contribution < -0.4 is 10.6 Å². The van der Waals surface area contributed by atoms with Gasteiger partial charge in [0, 0.05) is 32.2 Å². The van der Waals surface area contributed by atoms with Crippen LogP contribution in [-0.4, -0.2) is 43.5 Å². The minimum atomic E-state index is 0.133. The molecule has 1 atom stereocenters. The van der Waals surface area contributed by atoms with E-state index in [4.69, 9.17) is 0 Å². The van der Waals surface area contributed by atoms with Crippen molar-refractivity contribution < 1.29 is 4.79 Å². The molecule has 4 nitrogen and oxygen atoms in total. The summed E-state index contributed by atoms with van der Waals surface area (Å²) in [5.41, 5.74) is 2.65. The molecule has 2 rings (SSSR count). The molecule has 1 heterocycles. The summed E-state index contributed by atoms with van der Waals surface area (Å²) in [4.78, 5) is 14.3. The van der Waals surface area contributed by atoms with Crippen molar-refractivity contribution in [3.05, 3.63) is 35.4 Å². The van der Waals surface area contributed by atoms with Crippen molar-refractivity contribution >= 4 is 5.91 Å². The first-order valence-electron chi connectivity index (χ1n) is 8.05. The lowest BCUT2D eigenvalue weighted by Gasteiger charge is -2.36. The SMILES string of the molecule is CCCNC(=O)CN1CCNCC1c1ccc(CC)cc1. The van der Waals surface area contributed by atoms with Crippen LogP contribution in [0, 0.1) is 0 Å². The van der Waals surface area contributed by atoms with E-state index in [0.29, 0.717) is 6.54 Å². The van der Waals surface area contributed by atoms with Gasteiger partial charge < -0.3 is 10.6 Å². The molecule has 1 amide bonds. The van der Waals surface area contributed by atoms with Gasteiger partial charge in [0.1, 0.15) is 0 Å². The lowest BCUT2D eigenvalue weighted by Crippen LogP contribution is -2.49. The molecule has 0 aromatic heterocycles. The normalized spacial score (nSPS) is 19.4. The highest BCUT2D eigenvalue weighted by Gasteiger charge is 2.25. The number of hydrogen-bond donors (Lipinski definition) is 2. The van der Waals surface area contributed by atoms with Gasteiger partial charge in [-0.3, -0.25) is 9.69 Å². The third-order valence-electron chi connectivity index (χ3n) is 4.05. The van der Waals surface area contributed by atoms with Gasteiger partial charge >= 0.3 is 0 Å². The van der Waals surface area contributed by atoms with Gasteiger partial charge in [0.2, 0.25) is 5.91 Å². The molecule has 0 bridgehead atoms. The zero-order valence-electron chi connectivity index (χ0n) is 13.2. The number of carbonyl (C=O) groups excluding carboxylic acids is 1. The average Bonchev–Trinajstić information content (AvgIpc) is 2.53. The average molecular weight is 289 g/mol. The Labute approximate surface area is 127 Å². The number of benzene rings is 1. The maximum Gasteiger partial charge on any atom is 0.234 e. The molecule has 1 fully saturated rings. The van der Waals surface area contributed by atoms with Gasteiger partial charge in [0.15, 0.2) is 0 Å². The van der Waals surface area contributed by atoms with Crippen LogP contribution in [0.25, 0.3) is 0 Å². The van der Waals surface area contributed by atoms with Crippen molar-refractivity contribution in [3.8, 4) is 0 Å². The highest BCUT2D eigenvalue weighted by Crippen LogP contribution is 2.22. The van der Waals surface area contributed by atoms with E-state index in [1.807, 2.05) is 0 Å². The number of amides is 1. The molecule has 1 aromatic carbocycles. The third kappa shape index (κ3) is 4.55.